The van der Waals surface area contributed by atoms with Crippen LogP contribution in [0.1, 0.15) is 28.8 Å². The average molecular weight is 367 g/mol. The van der Waals surface area contributed by atoms with Crippen LogP contribution in [0.3, 0.4) is 0 Å². The minimum absolute atomic E-state index is 0.162. The van der Waals surface area contributed by atoms with Gasteiger partial charge in [0.15, 0.2) is 0 Å². The summed E-state index contributed by atoms with van der Waals surface area (Å²) in [5.41, 5.74) is 6.75. The van der Waals surface area contributed by atoms with Crippen molar-refractivity contribution in [2.45, 2.75) is 19.4 Å². The Morgan fingerprint density at radius 2 is 1.92 bits per heavy atom. The average Bonchev–Trinajstić information content (AvgIpc) is 2.58. The number of hydrogen-bond acceptors (Lipinski definition) is 3. The molecule has 1 amide bonds. The number of nitrogens with one attached hydrogen (secondary N) is 1. The Labute approximate surface area is 151 Å². The van der Waals surface area contributed by atoms with Crippen LogP contribution < -0.4 is 15.8 Å². The quantitative estimate of drug-likeness (QED) is 0.692. The summed E-state index contributed by atoms with van der Waals surface area (Å²) in [6.07, 6.45) is 1.74. The molecule has 0 saturated carbocycles. The first kappa shape index (κ1) is 18.6. The maximum atomic E-state index is 12.3. The van der Waals surface area contributed by atoms with E-state index in [4.69, 9.17) is 33.7 Å². The number of ether oxygens (including phenoxy) is 1. The van der Waals surface area contributed by atoms with Gasteiger partial charge in [-0.05, 0) is 43.7 Å². The maximum absolute atomic E-state index is 12.3. The topological polar surface area (TPSA) is 64.3 Å². The predicted octanol–water partition coefficient (Wildman–Crippen LogP) is 4.04. The molecule has 0 atom stereocenters. The van der Waals surface area contributed by atoms with Crippen molar-refractivity contribution >= 4 is 29.1 Å². The van der Waals surface area contributed by atoms with Crippen LogP contribution >= 0.6 is 23.2 Å². The lowest BCUT2D eigenvalue weighted by Gasteiger charge is -2.12. The van der Waals surface area contributed by atoms with Crippen molar-refractivity contribution in [3.05, 3.63) is 63.6 Å². The second-order valence-electron chi connectivity index (χ2n) is 5.27. The van der Waals surface area contributed by atoms with Crippen molar-refractivity contribution in [3.8, 4) is 5.75 Å². The van der Waals surface area contributed by atoms with Crippen molar-refractivity contribution in [2.24, 2.45) is 5.73 Å². The number of unbranched alkanes of at least 4 members (excludes halogenated alkanes) is 1. The lowest BCUT2D eigenvalue weighted by molar-refractivity contribution is 0.0948. The SMILES string of the molecule is NCCCCNC(=O)c1ccccc1OCc1ccc(Cl)cc1Cl. The van der Waals surface area contributed by atoms with Gasteiger partial charge in [-0.25, -0.2) is 0 Å². The van der Waals surface area contributed by atoms with Crippen molar-refractivity contribution < 1.29 is 9.53 Å². The molecule has 0 fully saturated rings. The molecule has 0 aliphatic carbocycles. The van der Waals surface area contributed by atoms with Crippen LogP contribution in [-0.4, -0.2) is 19.0 Å². The first-order valence-electron chi connectivity index (χ1n) is 7.76. The van der Waals surface area contributed by atoms with Crippen LogP contribution in [0.2, 0.25) is 10.0 Å². The highest BCUT2D eigenvalue weighted by molar-refractivity contribution is 6.35. The highest BCUT2D eigenvalue weighted by Crippen LogP contribution is 2.24. The second kappa shape index (κ2) is 9.52. The van der Waals surface area contributed by atoms with Crippen molar-refractivity contribution in [3.63, 3.8) is 0 Å². The highest BCUT2D eigenvalue weighted by atomic mass is 35.5. The number of carbonyl (C=O) groups is 1. The van der Waals surface area contributed by atoms with E-state index in [1.54, 1.807) is 36.4 Å². The van der Waals surface area contributed by atoms with Gasteiger partial charge in [0.1, 0.15) is 12.4 Å². The molecule has 2 rings (SSSR count). The Balaban J connectivity index is 2.01. The molecule has 3 N–H and O–H groups in total. The zero-order valence-corrected chi connectivity index (χ0v) is 14.7. The van der Waals surface area contributed by atoms with Crippen LogP contribution in [0, 0.1) is 0 Å². The zero-order chi connectivity index (χ0) is 17.4. The first-order chi connectivity index (χ1) is 11.6. The molecule has 4 nitrogen and oxygen atoms in total. The third-order valence-corrected chi connectivity index (χ3v) is 4.03. The van der Waals surface area contributed by atoms with E-state index in [1.807, 2.05) is 6.07 Å². The number of benzene rings is 2. The minimum Gasteiger partial charge on any atom is -0.488 e. The molecule has 6 heteroatoms. The lowest BCUT2D eigenvalue weighted by atomic mass is 10.1. The zero-order valence-electron chi connectivity index (χ0n) is 13.2. The van der Waals surface area contributed by atoms with Gasteiger partial charge in [-0.15, -0.1) is 0 Å². The Bertz CT molecular complexity index is 692. The summed E-state index contributed by atoms with van der Waals surface area (Å²) in [6.45, 7) is 1.47. The van der Waals surface area contributed by atoms with Crippen molar-refractivity contribution in [1.29, 1.82) is 0 Å². The van der Waals surface area contributed by atoms with Gasteiger partial charge < -0.3 is 15.8 Å². The molecule has 0 spiro atoms. The lowest BCUT2D eigenvalue weighted by Crippen LogP contribution is -2.25. The Morgan fingerprint density at radius 1 is 1.12 bits per heavy atom. The van der Waals surface area contributed by atoms with Crippen LogP contribution in [0.4, 0.5) is 0 Å². The van der Waals surface area contributed by atoms with Gasteiger partial charge in [-0.3, -0.25) is 4.79 Å². The largest absolute Gasteiger partial charge is 0.488 e. The monoisotopic (exact) mass is 366 g/mol. The molecule has 24 heavy (non-hydrogen) atoms. The third-order valence-electron chi connectivity index (χ3n) is 3.45. The predicted molar refractivity (Wildman–Crippen MR) is 97.9 cm³/mol. The van der Waals surface area contributed by atoms with E-state index in [0.717, 1.165) is 18.4 Å². The summed E-state index contributed by atoms with van der Waals surface area (Å²) in [5.74, 6) is 0.352. The van der Waals surface area contributed by atoms with Crippen molar-refractivity contribution in [2.75, 3.05) is 13.1 Å². The molecule has 0 aliphatic rings. The van der Waals surface area contributed by atoms with Crippen LogP contribution in [0.15, 0.2) is 42.5 Å². The number of halogens is 2. The summed E-state index contributed by atoms with van der Waals surface area (Å²) in [4.78, 5) is 12.3. The van der Waals surface area contributed by atoms with E-state index in [2.05, 4.69) is 5.32 Å². The molecule has 0 bridgehead atoms. The number of nitrogens with two attached hydrogens (primary N) is 1. The first-order valence-corrected chi connectivity index (χ1v) is 8.51. The molecular formula is C18H20Cl2N2O2. The number of rotatable bonds is 8. The second-order valence-corrected chi connectivity index (χ2v) is 6.12. The Hall–Kier alpha value is -1.75. The normalized spacial score (nSPS) is 10.5. The fraction of sp³-hybridized carbons (Fsp3) is 0.278. The van der Waals surface area contributed by atoms with Gasteiger partial charge in [-0.1, -0.05) is 41.4 Å². The van der Waals surface area contributed by atoms with Gasteiger partial charge in [0.25, 0.3) is 5.91 Å². The van der Waals surface area contributed by atoms with Crippen molar-refractivity contribution in [1.82, 2.24) is 5.32 Å². The fourth-order valence-electron chi connectivity index (χ4n) is 2.14. The van der Waals surface area contributed by atoms with Crippen LogP contribution in [0.25, 0.3) is 0 Å². The Kier molecular flexibility index (Phi) is 7.37. The number of hydrogen-bond donors (Lipinski definition) is 2. The maximum Gasteiger partial charge on any atom is 0.255 e. The molecular weight excluding hydrogens is 347 g/mol. The summed E-state index contributed by atoms with van der Waals surface area (Å²) in [7, 11) is 0. The number of amides is 1. The summed E-state index contributed by atoms with van der Waals surface area (Å²) in [5, 5.41) is 3.98. The molecule has 2 aromatic carbocycles. The summed E-state index contributed by atoms with van der Waals surface area (Å²) in [6, 6.07) is 12.3. The van der Waals surface area contributed by atoms with E-state index >= 15 is 0 Å². The fourth-order valence-corrected chi connectivity index (χ4v) is 2.60. The summed E-state index contributed by atoms with van der Waals surface area (Å²) < 4.78 is 5.78. The number of carbonyl (C=O) groups excluding carboxylic acids is 1. The molecule has 2 aromatic rings. The van der Waals surface area contributed by atoms with Gasteiger partial charge in [0.2, 0.25) is 0 Å². The Morgan fingerprint density at radius 3 is 2.67 bits per heavy atom. The smallest absolute Gasteiger partial charge is 0.255 e. The standard InChI is InChI=1S/C18H20Cl2N2O2/c19-14-8-7-13(16(20)11-14)12-24-17-6-2-1-5-15(17)18(23)22-10-4-3-9-21/h1-2,5-8,11H,3-4,9-10,12,21H2,(H,22,23). The molecule has 128 valence electrons. The van der Waals surface area contributed by atoms with E-state index in [-0.39, 0.29) is 12.5 Å². The van der Waals surface area contributed by atoms with Crippen LogP contribution in [-0.2, 0) is 6.61 Å². The van der Waals surface area contributed by atoms with E-state index in [0.29, 0.717) is 34.4 Å². The summed E-state index contributed by atoms with van der Waals surface area (Å²) >= 11 is 12.0. The minimum atomic E-state index is -0.162. The molecule has 0 radical (unpaired) electrons. The highest BCUT2D eigenvalue weighted by Gasteiger charge is 2.12. The van der Waals surface area contributed by atoms with Gasteiger partial charge >= 0.3 is 0 Å². The molecule has 0 heterocycles. The molecule has 0 aliphatic heterocycles. The number of para-hydroxylation sites is 1. The van der Waals surface area contributed by atoms with Gasteiger partial charge in [-0.2, -0.15) is 0 Å². The van der Waals surface area contributed by atoms with Gasteiger partial charge in [0.05, 0.1) is 5.56 Å². The van der Waals surface area contributed by atoms with E-state index in [9.17, 15) is 4.79 Å². The molecule has 0 aromatic heterocycles. The van der Waals surface area contributed by atoms with E-state index in [1.165, 1.54) is 0 Å². The third kappa shape index (κ3) is 5.41. The van der Waals surface area contributed by atoms with Gasteiger partial charge in [0, 0.05) is 22.2 Å². The molecule has 0 saturated heterocycles. The molecule has 0 unspecified atom stereocenters. The van der Waals surface area contributed by atoms with Crippen LogP contribution in [0.5, 0.6) is 5.75 Å². The van der Waals surface area contributed by atoms with E-state index < -0.39 is 0 Å².